The molecule has 2 heterocycles. The number of thioether (sulfide) groups is 1. The Morgan fingerprint density at radius 1 is 1.10 bits per heavy atom. The summed E-state index contributed by atoms with van der Waals surface area (Å²) >= 11 is 1.46. The van der Waals surface area contributed by atoms with Gasteiger partial charge in [0.05, 0.1) is 18.9 Å². The summed E-state index contributed by atoms with van der Waals surface area (Å²) in [6.07, 6.45) is 6.05. The summed E-state index contributed by atoms with van der Waals surface area (Å²) in [5.41, 5.74) is 0. The fourth-order valence-electron chi connectivity index (χ4n) is 3.67. The topological polar surface area (TPSA) is 81.5 Å². The Bertz CT molecular complexity index is 847. The Balaban J connectivity index is 1.20. The summed E-state index contributed by atoms with van der Waals surface area (Å²) in [6.45, 7) is 5.56. The van der Waals surface area contributed by atoms with Gasteiger partial charge in [-0.05, 0) is 63.3 Å². The van der Waals surface area contributed by atoms with Gasteiger partial charge in [0.2, 0.25) is 11.9 Å². The van der Waals surface area contributed by atoms with Crippen LogP contribution in [0.4, 0.5) is 5.95 Å². The number of aromatic nitrogens is 3. The Hall–Kier alpha value is -2.42. The summed E-state index contributed by atoms with van der Waals surface area (Å²) in [6, 6.07) is 7.98. The number of anilines is 1. The van der Waals surface area contributed by atoms with E-state index in [1.54, 1.807) is 0 Å². The molecule has 1 saturated carbocycles. The zero-order valence-corrected chi connectivity index (χ0v) is 18.9. The predicted octanol–water partition coefficient (Wildman–Crippen LogP) is 3.29. The highest BCUT2D eigenvalue weighted by atomic mass is 32.2. The molecule has 0 radical (unpaired) electrons. The minimum atomic E-state index is -0.0230. The Kier molecular flexibility index (Phi) is 7.56. The smallest absolute Gasteiger partial charge is 0.230 e. The van der Waals surface area contributed by atoms with Crippen molar-refractivity contribution < 1.29 is 14.3 Å². The van der Waals surface area contributed by atoms with Crippen LogP contribution in [-0.2, 0) is 4.79 Å². The molecule has 2 aromatic rings. The first-order chi connectivity index (χ1) is 15.2. The number of nitrogens with zero attached hydrogens (tertiary/aromatic N) is 4. The minimum Gasteiger partial charge on any atom is -0.494 e. The van der Waals surface area contributed by atoms with Crippen molar-refractivity contribution in [2.24, 2.45) is 0 Å². The molecule has 1 N–H and O–H groups in total. The number of ether oxygens (including phenoxy) is 2. The highest BCUT2D eigenvalue weighted by molar-refractivity contribution is 7.99. The quantitative estimate of drug-likeness (QED) is 0.420. The van der Waals surface area contributed by atoms with Crippen LogP contribution in [0.1, 0.15) is 45.1 Å². The maximum absolute atomic E-state index is 12.3. The average Bonchev–Trinajstić information content (AvgIpc) is 3.56. The van der Waals surface area contributed by atoms with Crippen LogP contribution in [0, 0.1) is 0 Å². The number of hydrogen-bond donors (Lipinski definition) is 1. The summed E-state index contributed by atoms with van der Waals surface area (Å²) in [5.74, 6) is 2.87. The van der Waals surface area contributed by atoms with Gasteiger partial charge >= 0.3 is 0 Å². The molecular formula is C22H31N5O3S. The fourth-order valence-corrected chi connectivity index (χ4v) is 4.50. The van der Waals surface area contributed by atoms with Crippen LogP contribution in [0.3, 0.4) is 0 Å². The van der Waals surface area contributed by atoms with Gasteiger partial charge in [-0.1, -0.05) is 11.8 Å². The maximum Gasteiger partial charge on any atom is 0.230 e. The largest absolute Gasteiger partial charge is 0.494 e. The van der Waals surface area contributed by atoms with Crippen molar-refractivity contribution in [1.29, 1.82) is 0 Å². The van der Waals surface area contributed by atoms with Crippen molar-refractivity contribution in [3.8, 4) is 11.5 Å². The summed E-state index contributed by atoms with van der Waals surface area (Å²) in [5, 5.41) is 12.6. The van der Waals surface area contributed by atoms with Crippen LogP contribution in [0.15, 0.2) is 29.4 Å². The number of rotatable bonds is 11. The second-order valence-corrected chi connectivity index (χ2v) is 8.77. The van der Waals surface area contributed by atoms with E-state index in [1.165, 1.54) is 43.9 Å². The van der Waals surface area contributed by atoms with Crippen LogP contribution in [0.5, 0.6) is 11.5 Å². The lowest BCUT2D eigenvalue weighted by molar-refractivity contribution is -0.118. The number of carbonyl (C=O) groups excluding carboxylic acids is 1. The molecule has 1 aromatic heterocycles. The van der Waals surface area contributed by atoms with Gasteiger partial charge < -0.3 is 19.7 Å². The molecular weight excluding hydrogens is 414 g/mol. The lowest BCUT2D eigenvalue weighted by atomic mass is 10.1. The minimum absolute atomic E-state index is 0.0230. The Labute approximate surface area is 187 Å². The standard InChI is InChI=1S/C22H31N5O3S/c1-2-29-18-8-10-19(11-9-18)30-15-12-23-20(28)16-31-22-25-24-21(27(22)17-6-7-17)26-13-4-3-5-14-26/h8-11,17H,2-7,12-16H2,1H3,(H,23,28). The highest BCUT2D eigenvalue weighted by Gasteiger charge is 2.32. The molecule has 1 saturated heterocycles. The van der Waals surface area contributed by atoms with Crippen molar-refractivity contribution in [2.75, 3.05) is 43.5 Å². The van der Waals surface area contributed by atoms with Gasteiger partial charge in [0.25, 0.3) is 0 Å². The zero-order chi connectivity index (χ0) is 21.5. The van der Waals surface area contributed by atoms with Gasteiger partial charge in [-0.25, -0.2) is 0 Å². The molecule has 4 rings (SSSR count). The van der Waals surface area contributed by atoms with E-state index >= 15 is 0 Å². The van der Waals surface area contributed by atoms with Crippen LogP contribution < -0.4 is 19.7 Å². The zero-order valence-electron chi connectivity index (χ0n) is 18.1. The van der Waals surface area contributed by atoms with Crippen LogP contribution in [-0.4, -0.2) is 59.3 Å². The van der Waals surface area contributed by atoms with E-state index in [0.717, 1.165) is 35.7 Å². The van der Waals surface area contributed by atoms with Gasteiger partial charge in [0, 0.05) is 19.1 Å². The van der Waals surface area contributed by atoms with E-state index in [-0.39, 0.29) is 5.91 Å². The molecule has 2 aliphatic rings. The van der Waals surface area contributed by atoms with Gasteiger partial charge in [-0.2, -0.15) is 0 Å². The van der Waals surface area contributed by atoms with E-state index < -0.39 is 0 Å². The Morgan fingerprint density at radius 2 is 1.81 bits per heavy atom. The van der Waals surface area contributed by atoms with Crippen LogP contribution in [0.2, 0.25) is 0 Å². The van der Waals surface area contributed by atoms with Crippen LogP contribution >= 0.6 is 11.8 Å². The lowest BCUT2D eigenvalue weighted by Gasteiger charge is -2.27. The maximum atomic E-state index is 12.3. The molecule has 0 spiro atoms. The third-order valence-corrected chi connectivity index (χ3v) is 6.30. The molecule has 1 amide bonds. The molecule has 1 aliphatic carbocycles. The first-order valence-corrected chi connectivity index (χ1v) is 12.2. The van der Waals surface area contributed by atoms with E-state index in [9.17, 15) is 4.79 Å². The molecule has 8 nitrogen and oxygen atoms in total. The summed E-state index contributed by atoms with van der Waals surface area (Å²) < 4.78 is 13.3. The average molecular weight is 446 g/mol. The number of nitrogens with one attached hydrogen (secondary N) is 1. The van der Waals surface area contributed by atoms with Crippen molar-refractivity contribution in [3.63, 3.8) is 0 Å². The summed E-state index contributed by atoms with van der Waals surface area (Å²) in [7, 11) is 0. The molecule has 31 heavy (non-hydrogen) atoms. The normalized spacial score (nSPS) is 16.2. The molecule has 0 bridgehead atoms. The highest BCUT2D eigenvalue weighted by Crippen LogP contribution is 2.41. The van der Waals surface area contributed by atoms with E-state index in [4.69, 9.17) is 9.47 Å². The molecule has 1 aromatic carbocycles. The fraction of sp³-hybridized carbons (Fsp3) is 0.591. The molecule has 1 aliphatic heterocycles. The number of hydrogen-bond acceptors (Lipinski definition) is 7. The summed E-state index contributed by atoms with van der Waals surface area (Å²) in [4.78, 5) is 14.6. The lowest BCUT2D eigenvalue weighted by Crippen LogP contribution is -2.32. The van der Waals surface area contributed by atoms with E-state index in [2.05, 4.69) is 25.0 Å². The Morgan fingerprint density at radius 3 is 2.48 bits per heavy atom. The monoisotopic (exact) mass is 445 g/mol. The molecule has 9 heteroatoms. The second-order valence-electron chi connectivity index (χ2n) is 7.82. The van der Waals surface area contributed by atoms with Crippen LogP contribution in [0.25, 0.3) is 0 Å². The van der Waals surface area contributed by atoms with Gasteiger partial charge in [0.1, 0.15) is 18.1 Å². The van der Waals surface area contributed by atoms with E-state index in [1.807, 2.05) is 31.2 Å². The predicted molar refractivity (Wildman–Crippen MR) is 121 cm³/mol. The molecule has 2 fully saturated rings. The molecule has 0 unspecified atom stereocenters. The number of carbonyl (C=O) groups is 1. The van der Waals surface area contributed by atoms with E-state index in [0.29, 0.717) is 31.6 Å². The third kappa shape index (κ3) is 6.06. The van der Waals surface area contributed by atoms with Gasteiger partial charge in [-0.15, -0.1) is 10.2 Å². The molecule has 0 atom stereocenters. The first-order valence-electron chi connectivity index (χ1n) is 11.2. The molecule has 168 valence electrons. The van der Waals surface area contributed by atoms with Gasteiger partial charge in [-0.3, -0.25) is 9.36 Å². The number of benzene rings is 1. The number of piperidine rings is 1. The van der Waals surface area contributed by atoms with Crippen molar-refractivity contribution in [1.82, 2.24) is 20.1 Å². The SMILES string of the molecule is CCOc1ccc(OCCNC(=O)CSc2nnc(N3CCCCC3)n2C2CC2)cc1. The second kappa shape index (κ2) is 10.7. The van der Waals surface area contributed by atoms with Crippen molar-refractivity contribution in [2.45, 2.75) is 50.2 Å². The van der Waals surface area contributed by atoms with Gasteiger partial charge in [0.15, 0.2) is 5.16 Å². The van der Waals surface area contributed by atoms with Crippen molar-refractivity contribution in [3.05, 3.63) is 24.3 Å². The first kappa shape index (κ1) is 21.8. The van der Waals surface area contributed by atoms with Crippen molar-refractivity contribution >= 4 is 23.6 Å². The third-order valence-electron chi connectivity index (χ3n) is 5.36. The number of amides is 1.